The van der Waals surface area contributed by atoms with Crippen molar-refractivity contribution in [3.63, 3.8) is 0 Å². The Kier molecular flexibility index (Phi) is 6.26. The molecule has 4 rings (SSSR count). The lowest BCUT2D eigenvalue weighted by Gasteiger charge is -2.24. The minimum absolute atomic E-state index is 0.0730. The standard InChI is InChI=1S/C26H32N4O3/c1-16-9-10-18-20(13-16)28-23(19-7-5-6-8-21(19)31)29-24(18)30-12-11-17(15-30)27-25(33)22(32)14-26(2,3)4/h5-10,13,17,22,31-32H,11-12,14-15H2,1-4H3,(H,27,33)/t17?,22-/m1/s1. The van der Waals surface area contributed by atoms with Gasteiger partial charge < -0.3 is 20.4 Å². The fourth-order valence-electron chi connectivity index (χ4n) is 4.29. The summed E-state index contributed by atoms with van der Waals surface area (Å²) in [6.45, 7) is 9.35. The normalized spacial score (nSPS) is 17.4. The van der Waals surface area contributed by atoms with Crippen LogP contribution in [0, 0.1) is 12.3 Å². The number of para-hydroxylation sites is 1. The summed E-state index contributed by atoms with van der Waals surface area (Å²) in [7, 11) is 0. The van der Waals surface area contributed by atoms with Crippen molar-refractivity contribution in [1.29, 1.82) is 0 Å². The first-order valence-electron chi connectivity index (χ1n) is 11.4. The molecule has 1 unspecified atom stereocenters. The molecule has 2 aromatic carbocycles. The van der Waals surface area contributed by atoms with Gasteiger partial charge in [0, 0.05) is 24.5 Å². The van der Waals surface area contributed by atoms with E-state index in [1.165, 1.54) is 0 Å². The molecule has 0 aliphatic carbocycles. The van der Waals surface area contributed by atoms with Crippen LogP contribution in [-0.2, 0) is 4.79 Å². The topological polar surface area (TPSA) is 98.6 Å². The second-order valence-corrected chi connectivity index (χ2v) is 10.1. The number of carbonyl (C=O) groups is 1. The third kappa shape index (κ3) is 5.25. The van der Waals surface area contributed by atoms with E-state index >= 15 is 0 Å². The molecule has 0 bridgehead atoms. The highest BCUT2D eigenvalue weighted by molar-refractivity contribution is 5.92. The lowest BCUT2D eigenvalue weighted by Crippen LogP contribution is -2.43. The van der Waals surface area contributed by atoms with Crippen LogP contribution in [0.3, 0.4) is 0 Å². The summed E-state index contributed by atoms with van der Waals surface area (Å²) in [5.74, 6) is 1.06. The predicted molar refractivity (Wildman–Crippen MR) is 130 cm³/mol. The van der Waals surface area contributed by atoms with Gasteiger partial charge >= 0.3 is 0 Å². The van der Waals surface area contributed by atoms with Gasteiger partial charge in [0.15, 0.2) is 5.82 Å². The van der Waals surface area contributed by atoms with Crippen LogP contribution in [0.1, 0.15) is 39.2 Å². The zero-order valence-electron chi connectivity index (χ0n) is 19.7. The summed E-state index contributed by atoms with van der Waals surface area (Å²) >= 11 is 0. The van der Waals surface area contributed by atoms with Gasteiger partial charge in [-0.25, -0.2) is 9.97 Å². The quantitative estimate of drug-likeness (QED) is 0.549. The van der Waals surface area contributed by atoms with E-state index in [-0.39, 0.29) is 23.1 Å². The Morgan fingerprint density at radius 2 is 1.97 bits per heavy atom. The van der Waals surface area contributed by atoms with Crippen LogP contribution in [0.15, 0.2) is 42.5 Å². The Morgan fingerprint density at radius 1 is 1.21 bits per heavy atom. The van der Waals surface area contributed by atoms with E-state index in [2.05, 4.69) is 10.2 Å². The molecule has 1 amide bonds. The van der Waals surface area contributed by atoms with Gasteiger partial charge in [0.1, 0.15) is 17.7 Å². The second-order valence-electron chi connectivity index (χ2n) is 10.1. The minimum Gasteiger partial charge on any atom is -0.507 e. The van der Waals surface area contributed by atoms with E-state index in [0.29, 0.717) is 24.4 Å². The molecule has 7 heteroatoms. The third-order valence-corrected chi connectivity index (χ3v) is 5.92. The number of hydrogen-bond acceptors (Lipinski definition) is 6. The molecular formula is C26H32N4O3. The number of carbonyl (C=O) groups excluding carboxylic acids is 1. The summed E-state index contributed by atoms with van der Waals surface area (Å²) in [5.41, 5.74) is 2.35. The number of phenols is 1. The number of benzene rings is 2. The average molecular weight is 449 g/mol. The Balaban J connectivity index is 1.60. The maximum atomic E-state index is 12.5. The van der Waals surface area contributed by atoms with Crippen molar-refractivity contribution in [2.75, 3.05) is 18.0 Å². The Morgan fingerprint density at radius 3 is 2.70 bits per heavy atom. The van der Waals surface area contributed by atoms with Gasteiger partial charge in [-0.15, -0.1) is 0 Å². The average Bonchev–Trinajstić information content (AvgIpc) is 3.20. The van der Waals surface area contributed by atoms with Crippen molar-refractivity contribution >= 4 is 22.6 Å². The van der Waals surface area contributed by atoms with Gasteiger partial charge in [-0.05, 0) is 55.0 Å². The SMILES string of the molecule is Cc1ccc2c(N3CCC(NC(=O)[C@H](O)CC(C)(C)C)C3)nc(-c3ccccc3O)nc2c1. The molecule has 7 nitrogen and oxygen atoms in total. The van der Waals surface area contributed by atoms with Gasteiger partial charge in [0.2, 0.25) is 5.91 Å². The number of nitrogens with zero attached hydrogens (tertiary/aromatic N) is 3. The van der Waals surface area contributed by atoms with Crippen molar-refractivity contribution < 1.29 is 15.0 Å². The van der Waals surface area contributed by atoms with E-state index < -0.39 is 6.10 Å². The molecular weight excluding hydrogens is 416 g/mol. The maximum absolute atomic E-state index is 12.5. The molecule has 1 saturated heterocycles. The second kappa shape index (κ2) is 8.98. The summed E-state index contributed by atoms with van der Waals surface area (Å²) in [5, 5.41) is 24.6. The Hall–Kier alpha value is -3.19. The molecule has 1 aromatic heterocycles. The molecule has 2 atom stereocenters. The molecule has 1 fully saturated rings. The van der Waals surface area contributed by atoms with Crippen LogP contribution in [0.25, 0.3) is 22.3 Å². The molecule has 33 heavy (non-hydrogen) atoms. The number of aliphatic hydroxyl groups excluding tert-OH is 1. The number of aryl methyl sites for hydroxylation is 1. The van der Waals surface area contributed by atoms with Crippen molar-refractivity contribution in [1.82, 2.24) is 15.3 Å². The number of rotatable bonds is 5. The molecule has 1 aliphatic rings. The number of amides is 1. The largest absolute Gasteiger partial charge is 0.507 e. The highest BCUT2D eigenvalue weighted by atomic mass is 16.3. The minimum atomic E-state index is -1.02. The molecule has 0 spiro atoms. The molecule has 3 N–H and O–H groups in total. The van der Waals surface area contributed by atoms with Gasteiger partial charge in [-0.2, -0.15) is 0 Å². The third-order valence-electron chi connectivity index (χ3n) is 5.92. The van der Waals surface area contributed by atoms with E-state index in [4.69, 9.17) is 9.97 Å². The Bertz CT molecular complexity index is 1170. The van der Waals surface area contributed by atoms with E-state index in [1.54, 1.807) is 18.2 Å². The Labute approximate surface area is 194 Å². The number of aromatic nitrogens is 2. The summed E-state index contributed by atoms with van der Waals surface area (Å²) in [6, 6.07) is 13.1. The lowest BCUT2D eigenvalue weighted by atomic mass is 9.89. The zero-order chi connectivity index (χ0) is 23.8. The van der Waals surface area contributed by atoms with Crippen molar-refractivity contribution in [3.05, 3.63) is 48.0 Å². The highest BCUT2D eigenvalue weighted by Crippen LogP contribution is 2.33. The highest BCUT2D eigenvalue weighted by Gasteiger charge is 2.30. The fourth-order valence-corrected chi connectivity index (χ4v) is 4.29. The van der Waals surface area contributed by atoms with Crippen LogP contribution >= 0.6 is 0 Å². The molecule has 3 aromatic rings. The molecule has 0 saturated carbocycles. The van der Waals surface area contributed by atoms with Crippen LogP contribution in [0.5, 0.6) is 5.75 Å². The number of fused-ring (bicyclic) bond motifs is 1. The summed E-state index contributed by atoms with van der Waals surface area (Å²) in [4.78, 5) is 24.2. The van der Waals surface area contributed by atoms with Crippen molar-refractivity contribution in [3.8, 4) is 17.1 Å². The first kappa shape index (κ1) is 23.0. The monoisotopic (exact) mass is 448 g/mol. The number of aromatic hydroxyl groups is 1. The molecule has 1 aliphatic heterocycles. The lowest BCUT2D eigenvalue weighted by molar-refractivity contribution is -0.131. The maximum Gasteiger partial charge on any atom is 0.249 e. The van der Waals surface area contributed by atoms with Crippen LogP contribution in [0.4, 0.5) is 5.82 Å². The number of aliphatic hydroxyl groups is 1. The van der Waals surface area contributed by atoms with E-state index in [1.807, 2.05) is 52.0 Å². The summed E-state index contributed by atoms with van der Waals surface area (Å²) < 4.78 is 0. The van der Waals surface area contributed by atoms with Gasteiger partial charge in [0.25, 0.3) is 0 Å². The predicted octanol–water partition coefficient (Wildman–Crippen LogP) is 3.80. The first-order chi connectivity index (χ1) is 15.6. The smallest absolute Gasteiger partial charge is 0.249 e. The summed E-state index contributed by atoms with van der Waals surface area (Å²) in [6.07, 6.45) is 0.154. The van der Waals surface area contributed by atoms with E-state index in [9.17, 15) is 15.0 Å². The number of hydrogen-bond donors (Lipinski definition) is 3. The van der Waals surface area contributed by atoms with Crippen LogP contribution in [0.2, 0.25) is 0 Å². The fraction of sp³-hybridized carbons (Fsp3) is 0.423. The zero-order valence-corrected chi connectivity index (χ0v) is 19.7. The van der Waals surface area contributed by atoms with Gasteiger partial charge in [-0.1, -0.05) is 39.0 Å². The van der Waals surface area contributed by atoms with Crippen molar-refractivity contribution in [2.24, 2.45) is 5.41 Å². The van der Waals surface area contributed by atoms with E-state index in [0.717, 1.165) is 35.2 Å². The number of phenolic OH excluding ortho intramolecular Hbond substituents is 1. The van der Waals surface area contributed by atoms with Gasteiger partial charge in [0.05, 0.1) is 11.1 Å². The number of anilines is 1. The van der Waals surface area contributed by atoms with Crippen LogP contribution in [-0.4, -0.2) is 51.3 Å². The van der Waals surface area contributed by atoms with Crippen molar-refractivity contribution in [2.45, 2.75) is 52.7 Å². The molecule has 0 radical (unpaired) electrons. The van der Waals surface area contributed by atoms with Crippen LogP contribution < -0.4 is 10.2 Å². The van der Waals surface area contributed by atoms with Gasteiger partial charge in [-0.3, -0.25) is 4.79 Å². The molecule has 2 heterocycles. The first-order valence-corrected chi connectivity index (χ1v) is 11.4. The number of nitrogens with one attached hydrogen (secondary N) is 1. The molecule has 174 valence electrons.